The zero-order valence-corrected chi connectivity index (χ0v) is 12.6. The van der Waals surface area contributed by atoms with E-state index in [1.54, 1.807) is 11.3 Å². The van der Waals surface area contributed by atoms with Gasteiger partial charge in [0, 0.05) is 17.0 Å². The SMILES string of the molecule is CC(N[C@@H](C)c1cccs1)c1cccc(Cl)c1Cl. The first-order chi connectivity index (χ1) is 8.59. The van der Waals surface area contributed by atoms with Gasteiger partial charge in [0.15, 0.2) is 0 Å². The molecule has 0 aliphatic heterocycles. The van der Waals surface area contributed by atoms with E-state index in [0.717, 1.165) is 5.56 Å². The summed E-state index contributed by atoms with van der Waals surface area (Å²) >= 11 is 14.0. The van der Waals surface area contributed by atoms with Crippen molar-refractivity contribution in [3.8, 4) is 0 Å². The number of nitrogens with one attached hydrogen (secondary N) is 1. The third kappa shape index (κ3) is 3.07. The molecule has 0 saturated heterocycles. The molecular weight excluding hydrogens is 285 g/mol. The average molecular weight is 300 g/mol. The van der Waals surface area contributed by atoms with Gasteiger partial charge >= 0.3 is 0 Å². The molecule has 1 nitrogen and oxygen atoms in total. The Hall–Kier alpha value is -0.540. The van der Waals surface area contributed by atoms with E-state index in [-0.39, 0.29) is 6.04 Å². The number of halogens is 2. The minimum atomic E-state index is 0.160. The van der Waals surface area contributed by atoms with Crippen LogP contribution in [0.4, 0.5) is 0 Å². The maximum atomic E-state index is 6.23. The van der Waals surface area contributed by atoms with E-state index in [9.17, 15) is 0 Å². The largest absolute Gasteiger partial charge is 0.303 e. The fourth-order valence-corrected chi connectivity index (χ4v) is 3.15. The van der Waals surface area contributed by atoms with Crippen molar-refractivity contribution in [2.45, 2.75) is 25.9 Å². The molecule has 2 atom stereocenters. The lowest BCUT2D eigenvalue weighted by atomic mass is 10.1. The number of hydrogen-bond donors (Lipinski definition) is 1. The van der Waals surface area contributed by atoms with E-state index < -0.39 is 0 Å². The van der Waals surface area contributed by atoms with Crippen LogP contribution in [-0.4, -0.2) is 0 Å². The van der Waals surface area contributed by atoms with Crippen molar-refractivity contribution in [2.75, 3.05) is 0 Å². The molecule has 1 unspecified atom stereocenters. The molecule has 0 saturated carbocycles. The van der Waals surface area contributed by atoms with Crippen LogP contribution >= 0.6 is 34.5 Å². The quantitative estimate of drug-likeness (QED) is 0.789. The first-order valence-corrected chi connectivity index (χ1v) is 7.46. The van der Waals surface area contributed by atoms with Crippen LogP contribution in [0.5, 0.6) is 0 Å². The van der Waals surface area contributed by atoms with Crippen molar-refractivity contribution in [3.05, 3.63) is 56.2 Å². The molecule has 4 heteroatoms. The summed E-state index contributed by atoms with van der Waals surface area (Å²) in [5.41, 5.74) is 1.03. The number of rotatable bonds is 4. The Morgan fingerprint density at radius 2 is 1.83 bits per heavy atom. The lowest BCUT2D eigenvalue weighted by Gasteiger charge is -2.20. The maximum absolute atomic E-state index is 6.23. The monoisotopic (exact) mass is 299 g/mol. The Balaban J connectivity index is 2.12. The van der Waals surface area contributed by atoms with Crippen LogP contribution in [0.1, 0.15) is 36.4 Å². The molecule has 0 amide bonds. The van der Waals surface area contributed by atoms with Crippen molar-refractivity contribution in [2.24, 2.45) is 0 Å². The molecule has 0 aliphatic rings. The third-order valence-electron chi connectivity index (χ3n) is 2.92. The number of thiophene rings is 1. The molecule has 1 heterocycles. The van der Waals surface area contributed by atoms with Crippen molar-refractivity contribution < 1.29 is 0 Å². The summed E-state index contributed by atoms with van der Waals surface area (Å²) in [6.45, 7) is 4.25. The fourth-order valence-electron chi connectivity index (χ4n) is 1.94. The van der Waals surface area contributed by atoms with Crippen LogP contribution in [0, 0.1) is 0 Å². The summed E-state index contributed by atoms with van der Waals surface area (Å²) in [7, 11) is 0. The van der Waals surface area contributed by atoms with Gasteiger partial charge in [-0.15, -0.1) is 11.3 Å². The van der Waals surface area contributed by atoms with Crippen molar-refractivity contribution in [3.63, 3.8) is 0 Å². The zero-order valence-electron chi connectivity index (χ0n) is 10.3. The van der Waals surface area contributed by atoms with Gasteiger partial charge in [0.05, 0.1) is 10.0 Å². The van der Waals surface area contributed by atoms with Gasteiger partial charge in [0.2, 0.25) is 0 Å². The normalized spacial score (nSPS) is 14.4. The van der Waals surface area contributed by atoms with Crippen molar-refractivity contribution in [1.82, 2.24) is 5.32 Å². The van der Waals surface area contributed by atoms with Crippen LogP contribution in [-0.2, 0) is 0 Å². The fraction of sp³-hybridized carbons (Fsp3) is 0.286. The van der Waals surface area contributed by atoms with Crippen LogP contribution in [0.3, 0.4) is 0 Å². The van der Waals surface area contributed by atoms with Gasteiger partial charge < -0.3 is 5.32 Å². The van der Waals surface area contributed by atoms with E-state index in [2.05, 4.69) is 36.7 Å². The molecule has 2 rings (SSSR count). The summed E-state index contributed by atoms with van der Waals surface area (Å²) in [5, 5.41) is 6.86. The molecule has 0 radical (unpaired) electrons. The van der Waals surface area contributed by atoms with Gasteiger partial charge in [0.25, 0.3) is 0 Å². The highest BCUT2D eigenvalue weighted by atomic mass is 35.5. The predicted octanol–water partition coefficient (Wildman–Crippen LogP) is 5.47. The first kappa shape index (κ1) is 13.9. The van der Waals surface area contributed by atoms with Gasteiger partial charge in [-0.25, -0.2) is 0 Å². The Labute approximate surface area is 122 Å². The molecule has 1 aromatic carbocycles. The maximum Gasteiger partial charge on any atom is 0.0639 e. The minimum absolute atomic E-state index is 0.160. The lowest BCUT2D eigenvalue weighted by molar-refractivity contribution is 0.500. The smallest absolute Gasteiger partial charge is 0.0639 e. The minimum Gasteiger partial charge on any atom is -0.303 e. The highest BCUT2D eigenvalue weighted by molar-refractivity contribution is 7.10. The van der Waals surface area contributed by atoms with E-state index in [4.69, 9.17) is 23.2 Å². The van der Waals surface area contributed by atoms with E-state index in [1.807, 2.05) is 18.2 Å². The molecule has 96 valence electrons. The average Bonchev–Trinajstić information content (AvgIpc) is 2.86. The zero-order chi connectivity index (χ0) is 13.1. The van der Waals surface area contributed by atoms with Crippen LogP contribution in [0.15, 0.2) is 35.7 Å². The van der Waals surface area contributed by atoms with Crippen LogP contribution in [0.25, 0.3) is 0 Å². The van der Waals surface area contributed by atoms with Crippen LogP contribution in [0.2, 0.25) is 10.0 Å². The van der Waals surface area contributed by atoms with Gasteiger partial charge in [-0.3, -0.25) is 0 Å². The van der Waals surface area contributed by atoms with Crippen LogP contribution < -0.4 is 5.32 Å². The Morgan fingerprint density at radius 1 is 1.06 bits per heavy atom. The Bertz CT molecular complexity index is 511. The van der Waals surface area contributed by atoms with E-state index in [0.29, 0.717) is 16.1 Å². The molecule has 0 bridgehead atoms. The highest BCUT2D eigenvalue weighted by Gasteiger charge is 2.15. The Morgan fingerprint density at radius 3 is 2.50 bits per heavy atom. The number of benzene rings is 1. The van der Waals surface area contributed by atoms with Gasteiger partial charge in [0.1, 0.15) is 0 Å². The van der Waals surface area contributed by atoms with Gasteiger partial charge in [-0.1, -0.05) is 41.4 Å². The summed E-state index contributed by atoms with van der Waals surface area (Å²) in [6, 6.07) is 10.4. The third-order valence-corrected chi connectivity index (χ3v) is 4.81. The Kier molecular flexibility index (Phi) is 4.68. The van der Waals surface area contributed by atoms with E-state index >= 15 is 0 Å². The summed E-state index contributed by atoms with van der Waals surface area (Å²) in [5.74, 6) is 0. The molecule has 0 fully saturated rings. The standard InChI is InChI=1S/C14H15Cl2NS/c1-9(11-5-3-6-12(15)14(11)16)17-10(2)13-7-4-8-18-13/h3-10,17H,1-2H3/t9?,10-/m0/s1. The highest BCUT2D eigenvalue weighted by Crippen LogP contribution is 2.31. The topological polar surface area (TPSA) is 12.0 Å². The second kappa shape index (κ2) is 6.07. The van der Waals surface area contributed by atoms with E-state index in [1.165, 1.54) is 4.88 Å². The van der Waals surface area contributed by atoms with Gasteiger partial charge in [-0.2, -0.15) is 0 Å². The predicted molar refractivity (Wildman–Crippen MR) is 80.7 cm³/mol. The summed E-state index contributed by atoms with van der Waals surface area (Å²) < 4.78 is 0. The van der Waals surface area contributed by atoms with Crippen molar-refractivity contribution >= 4 is 34.5 Å². The summed E-state index contributed by atoms with van der Waals surface area (Å²) in [6.07, 6.45) is 0. The second-order valence-corrected chi connectivity index (χ2v) is 6.03. The molecule has 2 aromatic rings. The molecule has 0 aliphatic carbocycles. The lowest BCUT2D eigenvalue weighted by Crippen LogP contribution is -2.22. The number of hydrogen-bond acceptors (Lipinski definition) is 2. The molecule has 1 N–H and O–H groups in total. The molecule has 1 aromatic heterocycles. The summed E-state index contributed by atoms with van der Waals surface area (Å²) in [4.78, 5) is 1.32. The van der Waals surface area contributed by atoms with Crippen molar-refractivity contribution in [1.29, 1.82) is 0 Å². The van der Waals surface area contributed by atoms with Gasteiger partial charge in [-0.05, 0) is 36.9 Å². The second-order valence-electron chi connectivity index (χ2n) is 4.27. The molecule has 0 spiro atoms. The molecule has 18 heavy (non-hydrogen) atoms. The molecular formula is C14H15Cl2NS. The first-order valence-electron chi connectivity index (χ1n) is 5.83.